The summed E-state index contributed by atoms with van der Waals surface area (Å²) in [6.07, 6.45) is 10.7. The van der Waals surface area contributed by atoms with Gasteiger partial charge in [-0.2, -0.15) is 5.26 Å². The Balaban J connectivity index is 1.31. The van der Waals surface area contributed by atoms with E-state index in [1.54, 1.807) is 24.8 Å². The first-order valence-corrected chi connectivity index (χ1v) is 9.59. The minimum absolute atomic E-state index is 0.163. The maximum Gasteiger partial charge on any atom is 0.225 e. The van der Waals surface area contributed by atoms with Crippen LogP contribution in [-0.4, -0.2) is 51.1 Å². The van der Waals surface area contributed by atoms with Crippen molar-refractivity contribution < 1.29 is 0 Å². The van der Waals surface area contributed by atoms with E-state index in [4.69, 9.17) is 5.26 Å². The van der Waals surface area contributed by atoms with E-state index >= 15 is 0 Å². The van der Waals surface area contributed by atoms with Gasteiger partial charge < -0.3 is 9.80 Å². The number of nitrogens with zero attached hydrogens (tertiary/aromatic N) is 8. The van der Waals surface area contributed by atoms with E-state index in [0.29, 0.717) is 5.92 Å². The van der Waals surface area contributed by atoms with Crippen molar-refractivity contribution in [3.8, 4) is 6.07 Å². The summed E-state index contributed by atoms with van der Waals surface area (Å²) in [5, 5.41) is 10.1. The second-order valence-electron chi connectivity index (χ2n) is 7.36. The minimum atomic E-state index is 0.163. The summed E-state index contributed by atoms with van der Waals surface area (Å²) in [6, 6.07) is 4.29. The number of rotatable bonds is 3. The second kappa shape index (κ2) is 7.00. The Hall–Kier alpha value is -3.34. The maximum absolute atomic E-state index is 9.12. The zero-order chi connectivity index (χ0) is 18.9. The van der Waals surface area contributed by atoms with E-state index < -0.39 is 0 Å². The van der Waals surface area contributed by atoms with Gasteiger partial charge >= 0.3 is 0 Å². The van der Waals surface area contributed by atoms with E-state index in [1.807, 2.05) is 12.3 Å². The Kier molecular flexibility index (Phi) is 4.20. The number of fused-ring (bicyclic) bond motifs is 1. The van der Waals surface area contributed by atoms with E-state index in [0.717, 1.165) is 67.4 Å². The molecule has 0 aliphatic carbocycles. The molecule has 0 bridgehead atoms. The van der Waals surface area contributed by atoms with Crippen molar-refractivity contribution in [1.82, 2.24) is 24.9 Å². The van der Waals surface area contributed by atoms with Crippen LogP contribution < -0.4 is 9.80 Å². The van der Waals surface area contributed by atoms with Gasteiger partial charge in [0.25, 0.3) is 0 Å². The number of nitriles is 1. The highest BCUT2D eigenvalue weighted by molar-refractivity contribution is 5.77. The zero-order valence-corrected chi connectivity index (χ0v) is 15.4. The van der Waals surface area contributed by atoms with Crippen LogP contribution >= 0.6 is 0 Å². The van der Waals surface area contributed by atoms with Gasteiger partial charge in [-0.1, -0.05) is 0 Å². The fraction of sp³-hybridized carbons (Fsp3) is 0.400. The van der Waals surface area contributed by atoms with Gasteiger partial charge in [0.2, 0.25) is 5.95 Å². The van der Waals surface area contributed by atoms with Crippen LogP contribution in [0.1, 0.15) is 24.5 Å². The monoisotopic (exact) mass is 372 g/mol. The molecule has 0 spiro atoms. The lowest BCUT2D eigenvalue weighted by Crippen LogP contribution is -2.47. The maximum atomic E-state index is 9.12. The average molecular weight is 372 g/mol. The molecule has 140 valence electrons. The molecule has 2 aliphatic rings. The number of hydrogen-bond acceptors (Lipinski definition) is 8. The van der Waals surface area contributed by atoms with Crippen LogP contribution in [0.4, 0.5) is 11.8 Å². The predicted octanol–water partition coefficient (Wildman–Crippen LogP) is 2.16. The molecule has 8 nitrogen and oxygen atoms in total. The van der Waals surface area contributed by atoms with Crippen molar-refractivity contribution in [1.29, 1.82) is 5.26 Å². The Morgan fingerprint density at radius 2 is 1.79 bits per heavy atom. The molecule has 5 rings (SSSR count). The Labute approximate surface area is 162 Å². The molecule has 8 heteroatoms. The molecule has 0 radical (unpaired) electrons. The SMILES string of the molecule is N#CC1CCN(c2nccnc2C2CN(c3ncc4cnccc4n3)C2)CC1. The van der Waals surface area contributed by atoms with Gasteiger partial charge in [0.15, 0.2) is 5.82 Å². The number of hydrogen-bond donors (Lipinski definition) is 0. The fourth-order valence-electron chi connectivity index (χ4n) is 3.93. The third-order valence-electron chi connectivity index (χ3n) is 5.60. The first-order valence-electron chi connectivity index (χ1n) is 9.59. The average Bonchev–Trinajstić information content (AvgIpc) is 2.73. The summed E-state index contributed by atoms with van der Waals surface area (Å²) < 4.78 is 0. The highest BCUT2D eigenvalue weighted by Gasteiger charge is 2.34. The number of piperidine rings is 1. The van der Waals surface area contributed by atoms with E-state index in [9.17, 15) is 0 Å². The molecule has 0 amide bonds. The van der Waals surface area contributed by atoms with Crippen LogP contribution in [-0.2, 0) is 0 Å². The van der Waals surface area contributed by atoms with Gasteiger partial charge in [0, 0.05) is 74.4 Å². The Morgan fingerprint density at radius 1 is 0.964 bits per heavy atom. The lowest BCUT2D eigenvalue weighted by atomic mass is 9.94. The van der Waals surface area contributed by atoms with Crippen molar-refractivity contribution >= 4 is 22.7 Å². The normalized spacial score (nSPS) is 18.1. The van der Waals surface area contributed by atoms with Gasteiger partial charge in [-0.3, -0.25) is 9.97 Å². The Bertz CT molecular complexity index is 1030. The lowest BCUT2D eigenvalue weighted by molar-refractivity contribution is 0.472. The summed E-state index contributed by atoms with van der Waals surface area (Å²) >= 11 is 0. The molecule has 0 unspecified atom stereocenters. The minimum Gasteiger partial charge on any atom is -0.355 e. The van der Waals surface area contributed by atoms with Crippen molar-refractivity contribution in [3.63, 3.8) is 0 Å². The highest BCUT2D eigenvalue weighted by Crippen LogP contribution is 2.34. The number of anilines is 2. The molecule has 28 heavy (non-hydrogen) atoms. The molecule has 2 saturated heterocycles. The molecule has 3 aromatic rings. The molecule has 0 atom stereocenters. The highest BCUT2D eigenvalue weighted by atomic mass is 15.3. The van der Waals surface area contributed by atoms with Crippen molar-refractivity contribution in [2.75, 3.05) is 36.0 Å². The first-order chi connectivity index (χ1) is 13.8. The quantitative estimate of drug-likeness (QED) is 0.690. The lowest BCUT2D eigenvalue weighted by Gasteiger charge is -2.40. The summed E-state index contributed by atoms with van der Waals surface area (Å²) in [5.41, 5.74) is 1.95. The van der Waals surface area contributed by atoms with Crippen molar-refractivity contribution in [3.05, 3.63) is 42.7 Å². The van der Waals surface area contributed by atoms with Crippen LogP contribution in [0, 0.1) is 17.2 Å². The summed E-state index contributed by atoms with van der Waals surface area (Å²) in [5.74, 6) is 2.19. The zero-order valence-electron chi connectivity index (χ0n) is 15.4. The van der Waals surface area contributed by atoms with Crippen LogP contribution in [0.3, 0.4) is 0 Å². The molecule has 2 fully saturated rings. The third kappa shape index (κ3) is 2.99. The van der Waals surface area contributed by atoms with Gasteiger partial charge in [-0.05, 0) is 18.9 Å². The predicted molar refractivity (Wildman–Crippen MR) is 105 cm³/mol. The van der Waals surface area contributed by atoms with Crippen molar-refractivity contribution in [2.45, 2.75) is 18.8 Å². The molecule has 2 aliphatic heterocycles. The summed E-state index contributed by atoms with van der Waals surface area (Å²) in [7, 11) is 0. The molecule has 0 N–H and O–H groups in total. The van der Waals surface area contributed by atoms with Crippen molar-refractivity contribution in [2.24, 2.45) is 5.92 Å². The smallest absolute Gasteiger partial charge is 0.225 e. The summed E-state index contributed by atoms with van der Waals surface area (Å²) in [6.45, 7) is 3.39. The van der Waals surface area contributed by atoms with Gasteiger partial charge in [0.05, 0.1) is 17.3 Å². The van der Waals surface area contributed by atoms with Gasteiger partial charge in [-0.25, -0.2) is 15.0 Å². The van der Waals surface area contributed by atoms with Gasteiger partial charge in [-0.15, -0.1) is 0 Å². The third-order valence-corrected chi connectivity index (χ3v) is 5.60. The largest absolute Gasteiger partial charge is 0.355 e. The number of aromatic nitrogens is 5. The molecule has 0 saturated carbocycles. The molecule has 0 aromatic carbocycles. The van der Waals surface area contributed by atoms with Crippen LogP contribution in [0.2, 0.25) is 0 Å². The molecule has 5 heterocycles. The van der Waals surface area contributed by atoms with Crippen LogP contribution in [0.5, 0.6) is 0 Å². The standard InChI is InChI=1S/C20H20N8/c21-9-14-2-7-27(8-3-14)19-18(23-5-6-24-19)16-12-28(13-16)20-25-11-15-10-22-4-1-17(15)26-20/h1,4-6,10-11,14,16H,2-3,7-8,12-13H2. The van der Waals surface area contributed by atoms with E-state index in [1.165, 1.54) is 0 Å². The first kappa shape index (κ1) is 16.8. The van der Waals surface area contributed by atoms with Gasteiger partial charge in [0.1, 0.15) is 0 Å². The molecular formula is C20H20N8. The van der Waals surface area contributed by atoms with E-state index in [2.05, 4.69) is 40.8 Å². The molecule has 3 aromatic heterocycles. The van der Waals surface area contributed by atoms with Crippen LogP contribution in [0.15, 0.2) is 37.1 Å². The molecular weight excluding hydrogens is 352 g/mol. The topological polar surface area (TPSA) is 94.7 Å². The number of pyridine rings is 1. The fourth-order valence-corrected chi connectivity index (χ4v) is 3.93. The second-order valence-corrected chi connectivity index (χ2v) is 7.36. The van der Waals surface area contributed by atoms with Crippen LogP contribution in [0.25, 0.3) is 10.9 Å². The Morgan fingerprint density at radius 3 is 2.61 bits per heavy atom. The summed E-state index contributed by atoms with van der Waals surface area (Å²) in [4.78, 5) is 27.0. The van der Waals surface area contributed by atoms with E-state index in [-0.39, 0.29) is 5.92 Å².